The molecular formula is C14H20. The van der Waals surface area contributed by atoms with Gasteiger partial charge in [0.1, 0.15) is 0 Å². The highest BCUT2D eigenvalue weighted by atomic mass is 14.4. The van der Waals surface area contributed by atoms with Crippen LogP contribution in [0.2, 0.25) is 0 Å². The molecule has 2 atom stereocenters. The molecule has 3 rings (SSSR count). The summed E-state index contributed by atoms with van der Waals surface area (Å²) >= 11 is 0. The Morgan fingerprint density at radius 2 is 1.64 bits per heavy atom. The van der Waals surface area contributed by atoms with E-state index in [4.69, 9.17) is 0 Å². The maximum Gasteiger partial charge on any atom is -0.0153 e. The molecule has 1 aromatic rings. The molecule has 0 aromatic heterocycles. The zero-order valence-electron chi connectivity index (χ0n) is 9.51. The second-order valence-corrected chi connectivity index (χ2v) is 4.34. The van der Waals surface area contributed by atoms with Gasteiger partial charge in [-0.05, 0) is 49.1 Å². The smallest absolute Gasteiger partial charge is 0.0153 e. The minimum absolute atomic E-state index is 0.921. The standard InChI is InChI=1S/C12H14.C2H6/c1-8-2-5-11-9-3-4-10(7-9)12(11)6-8;1-2/h2,5-6,9-10H,3-4,7H2,1H3;1-2H3. The predicted molar refractivity (Wildman–Crippen MR) is 61.9 cm³/mol. The molecule has 1 saturated carbocycles. The van der Waals surface area contributed by atoms with E-state index in [0.717, 1.165) is 11.8 Å². The average molecular weight is 188 g/mol. The van der Waals surface area contributed by atoms with Crippen molar-refractivity contribution >= 4 is 0 Å². The largest absolute Gasteiger partial charge is 0.0683 e. The fourth-order valence-electron chi connectivity index (χ4n) is 2.97. The van der Waals surface area contributed by atoms with Gasteiger partial charge in [0.25, 0.3) is 0 Å². The molecule has 1 aromatic carbocycles. The van der Waals surface area contributed by atoms with Gasteiger partial charge in [0.15, 0.2) is 0 Å². The molecule has 1 fully saturated rings. The van der Waals surface area contributed by atoms with Crippen LogP contribution in [0, 0.1) is 6.92 Å². The predicted octanol–water partition coefficient (Wildman–Crippen LogP) is 4.39. The van der Waals surface area contributed by atoms with Gasteiger partial charge in [-0.15, -0.1) is 0 Å². The van der Waals surface area contributed by atoms with Crippen LogP contribution in [0.15, 0.2) is 18.2 Å². The van der Waals surface area contributed by atoms with Gasteiger partial charge in [-0.3, -0.25) is 0 Å². The Hall–Kier alpha value is -0.780. The maximum absolute atomic E-state index is 2.40. The van der Waals surface area contributed by atoms with E-state index in [1.807, 2.05) is 13.8 Å². The van der Waals surface area contributed by atoms with Crippen molar-refractivity contribution in [3.63, 3.8) is 0 Å². The van der Waals surface area contributed by atoms with Crippen LogP contribution in [0.1, 0.15) is 61.6 Å². The molecule has 0 N–H and O–H groups in total. The summed E-state index contributed by atoms with van der Waals surface area (Å²) < 4.78 is 0. The van der Waals surface area contributed by atoms with Crippen LogP contribution in [0.5, 0.6) is 0 Å². The van der Waals surface area contributed by atoms with E-state index in [0.29, 0.717) is 0 Å². The van der Waals surface area contributed by atoms with Crippen LogP contribution in [-0.2, 0) is 0 Å². The topological polar surface area (TPSA) is 0 Å². The van der Waals surface area contributed by atoms with Crippen LogP contribution in [0.4, 0.5) is 0 Å². The average Bonchev–Trinajstić information content (AvgIpc) is 2.81. The second kappa shape index (κ2) is 3.76. The second-order valence-electron chi connectivity index (χ2n) is 4.34. The Labute approximate surface area is 87.3 Å². The minimum Gasteiger partial charge on any atom is -0.0683 e. The summed E-state index contributed by atoms with van der Waals surface area (Å²) in [7, 11) is 0. The molecule has 0 aliphatic heterocycles. The number of fused-ring (bicyclic) bond motifs is 5. The Bertz CT molecular complexity index is 325. The van der Waals surface area contributed by atoms with Crippen molar-refractivity contribution in [1.82, 2.24) is 0 Å². The van der Waals surface area contributed by atoms with E-state index in [2.05, 4.69) is 25.1 Å². The summed E-state index contributed by atoms with van der Waals surface area (Å²) in [5.41, 5.74) is 4.77. The van der Waals surface area contributed by atoms with Crippen molar-refractivity contribution in [2.24, 2.45) is 0 Å². The molecule has 2 aliphatic carbocycles. The lowest BCUT2D eigenvalue weighted by Crippen LogP contribution is -1.97. The fourth-order valence-corrected chi connectivity index (χ4v) is 2.97. The number of rotatable bonds is 0. The zero-order valence-corrected chi connectivity index (χ0v) is 9.51. The SMILES string of the molecule is CC.Cc1ccc2c(c1)C1CCC2C1. The van der Waals surface area contributed by atoms with Gasteiger partial charge in [-0.25, -0.2) is 0 Å². The first-order chi connectivity index (χ1) is 6.84. The fraction of sp³-hybridized carbons (Fsp3) is 0.571. The van der Waals surface area contributed by atoms with Gasteiger partial charge in [0, 0.05) is 0 Å². The minimum atomic E-state index is 0.921. The van der Waals surface area contributed by atoms with Crippen molar-refractivity contribution in [2.75, 3.05) is 0 Å². The highest BCUT2D eigenvalue weighted by Gasteiger charge is 2.36. The number of hydrogen-bond donors (Lipinski definition) is 0. The molecule has 0 amide bonds. The van der Waals surface area contributed by atoms with Crippen LogP contribution in [0.3, 0.4) is 0 Å². The third-order valence-corrected chi connectivity index (χ3v) is 3.55. The molecule has 0 heteroatoms. The highest BCUT2D eigenvalue weighted by molar-refractivity contribution is 5.43. The van der Waals surface area contributed by atoms with E-state index >= 15 is 0 Å². The van der Waals surface area contributed by atoms with Crippen molar-refractivity contribution < 1.29 is 0 Å². The first-order valence-electron chi connectivity index (χ1n) is 5.95. The first-order valence-corrected chi connectivity index (χ1v) is 5.95. The lowest BCUT2D eigenvalue weighted by atomic mass is 9.91. The molecule has 76 valence electrons. The first kappa shape index (κ1) is 9.76. The van der Waals surface area contributed by atoms with E-state index in [-0.39, 0.29) is 0 Å². The van der Waals surface area contributed by atoms with Crippen LogP contribution in [0.25, 0.3) is 0 Å². The molecule has 0 spiro atoms. The quantitative estimate of drug-likeness (QED) is 0.566. The van der Waals surface area contributed by atoms with Crippen molar-refractivity contribution in [2.45, 2.75) is 51.9 Å². The maximum atomic E-state index is 2.40. The van der Waals surface area contributed by atoms with Crippen LogP contribution in [-0.4, -0.2) is 0 Å². The summed E-state index contributed by atoms with van der Waals surface area (Å²) in [4.78, 5) is 0. The molecule has 2 aliphatic rings. The van der Waals surface area contributed by atoms with E-state index in [1.165, 1.54) is 24.8 Å². The Balaban J connectivity index is 0.000000354. The Morgan fingerprint density at radius 1 is 1.00 bits per heavy atom. The lowest BCUT2D eigenvalue weighted by Gasteiger charge is -2.14. The summed E-state index contributed by atoms with van der Waals surface area (Å²) in [5, 5.41) is 0. The molecule has 2 bridgehead atoms. The summed E-state index contributed by atoms with van der Waals surface area (Å²) in [6.45, 7) is 6.20. The molecule has 14 heavy (non-hydrogen) atoms. The van der Waals surface area contributed by atoms with Crippen molar-refractivity contribution in [1.29, 1.82) is 0 Å². The molecule has 0 saturated heterocycles. The molecule has 0 nitrogen and oxygen atoms in total. The molecule has 2 unspecified atom stereocenters. The zero-order chi connectivity index (χ0) is 10.1. The third-order valence-electron chi connectivity index (χ3n) is 3.55. The number of hydrogen-bond acceptors (Lipinski definition) is 0. The molecular weight excluding hydrogens is 168 g/mol. The van der Waals surface area contributed by atoms with E-state index < -0.39 is 0 Å². The Morgan fingerprint density at radius 3 is 2.36 bits per heavy atom. The van der Waals surface area contributed by atoms with E-state index in [1.54, 1.807) is 11.1 Å². The van der Waals surface area contributed by atoms with Crippen molar-refractivity contribution in [3.8, 4) is 0 Å². The lowest BCUT2D eigenvalue weighted by molar-refractivity contribution is 0.717. The van der Waals surface area contributed by atoms with Crippen LogP contribution >= 0.6 is 0 Å². The van der Waals surface area contributed by atoms with Gasteiger partial charge in [0.05, 0.1) is 0 Å². The van der Waals surface area contributed by atoms with Gasteiger partial charge in [0.2, 0.25) is 0 Å². The van der Waals surface area contributed by atoms with Gasteiger partial charge in [-0.2, -0.15) is 0 Å². The van der Waals surface area contributed by atoms with Crippen molar-refractivity contribution in [3.05, 3.63) is 34.9 Å². The highest BCUT2D eigenvalue weighted by Crippen LogP contribution is 2.52. The van der Waals surface area contributed by atoms with Crippen LogP contribution < -0.4 is 0 Å². The van der Waals surface area contributed by atoms with Gasteiger partial charge in [-0.1, -0.05) is 37.6 Å². The summed E-state index contributed by atoms with van der Waals surface area (Å²) in [5.74, 6) is 1.84. The summed E-state index contributed by atoms with van der Waals surface area (Å²) in [6, 6.07) is 7.02. The number of aryl methyl sites for hydroxylation is 1. The number of benzene rings is 1. The van der Waals surface area contributed by atoms with Gasteiger partial charge >= 0.3 is 0 Å². The normalized spacial score (nSPS) is 26.8. The monoisotopic (exact) mass is 188 g/mol. The summed E-state index contributed by atoms with van der Waals surface area (Å²) in [6.07, 6.45) is 4.33. The van der Waals surface area contributed by atoms with E-state index in [9.17, 15) is 0 Å². The molecule has 0 heterocycles. The molecule has 0 radical (unpaired) electrons. The van der Waals surface area contributed by atoms with Gasteiger partial charge < -0.3 is 0 Å². The third kappa shape index (κ3) is 1.37. The Kier molecular flexibility index (Phi) is 2.62.